The van der Waals surface area contributed by atoms with Gasteiger partial charge < -0.3 is 19.8 Å². The average molecular weight is 334 g/mol. The molecule has 2 heterocycles. The number of rotatable bonds is 3. The number of carboxylic acids is 1. The fraction of sp³-hybridized carbons (Fsp3) is 0.471. The van der Waals surface area contributed by atoms with E-state index in [1.807, 2.05) is 13.8 Å². The van der Waals surface area contributed by atoms with Crippen molar-refractivity contribution in [3.8, 4) is 0 Å². The lowest BCUT2D eigenvalue weighted by Gasteiger charge is -2.40. The van der Waals surface area contributed by atoms with Gasteiger partial charge in [-0.1, -0.05) is 0 Å². The molecule has 2 unspecified atom stereocenters. The second kappa shape index (κ2) is 6.14. The van der Waals surface area contributed by atoms with Crippen LogP contribution in [-0.4, -0.2) is 46.9 Å². The Balaban J connectivity index is 2.04. The number of halogens is 1. The van der Waals surface area contributed by atoms with Gasteiger partial charge in [-0.15, -0.1) is 0 Å². The number of hydrogen-bond donors (Lipinski definition) is 1. The lowest BCUT2D eigenvalue weighted by atomic mass is 9.93. The lowest BCUT2D eigenvalue weighted by Crippen LogP contribution is -2.95. The zero-order valence-corrected chi connectivity index (χ0v) is 13.8. The van der Waals surface area contributed by atoms with Crippen LogP contribution in [0.3, 0.4) is 0 Å². The van der Waals surface area contributed by atoms with Gasteiger partial charge in [-0.05, 0) is 26.0 Å². The predicted molar refractivity (Wildman–Crippen MR) is 84.8 cm³/mol. The molecule has 2 N–H and O–H groups in total. The summed E-state index contributed by atoms with van der Waals surface area (Å²) in [4.78, 5) is 25.2. The third-order valence-electron chi connectivity index (χ3n) is 4.70. The van der Waals surface area contributed by atoms with Crippen LogP contribution in [0.25, 0.3) is 6.08 Å². The van der Waals surface area contributed by atoms with Crippen molar-refractivity contribution >= 4 is 12.0 Å². The first-order chi connectivity index (χ1) is 11.4. The van der Waals surface area contributed by atoms with Crippen LogP contribution in [0.4, 0.5) is 4.39 Å². The normalized spacial score (nSPS) is 27.0. The second-order valence-electron chi connectivity index (χ2n) is 6.40. The molecule has 7 heteroatoms. The predicted octanol–water partition coefficient (Wildman–Crippen LogP) is -1.26. The summed E-state index contributed by atoms with van der Waals surface area (Å²) < 4.78 is 17.1. The minimum absolute atomic E-state index is 0.198. The second-order valence-corrected chi connectivity index (χ2v) is 6.40. The molecular formula is C17H21FN3O3. The summed E-state index contributed by atoms with van der Waals surface area (Å²) in [6, 6.07) is 0.295. The summed E-state index contributed by atoms with van der Waals surface area (Å²) in [5, 5.41) is 13.3. The van der Waals surface area contributed by atoms with Gasteiger partial charge in [-0.25, -0.2) is 4.39 Å². The van der Waals surface area contributed by atoms with Crippen LogP contribution < -0.4 is 15.9 Å². The van der Waals surface area contributed by atoms with E-state index in [9.17, 15) is 14.7 Å². The molecule has 24 heavy (non-hydrogen) atoms. The van der Waals surface area contributed by atoms with Crippen molar-refractivity contribution in [2.75, 3.05) is 19.6 Å². The third kappa shape index (κ3) is 2.78. The Morgan fingerprint density at radius 2 is 2.29 bits per heavy atom. The molecule has 0 aromatic carbocycles. The number of pyridine rings is 1. The quantitative estimate of drug-likeness (QED) is 0.700. The van der Waals surface area contributed by atoms with E-state index in [-0.39, 0.29) is 5.56 Å². The molecule has 129 valence electrons. The Morgan fingerprint density at radius 1 is 1.54 bits per heavy atom. The maximum Gasteiger partial charge on any atom is 0.198 e. The van der Waals surface area contributed by atoms with Gasteiger partial charge in [-0.3, -0.25) is 9.69 Å². The highest BCUT2D eigenvalue weighted by Crippen LogP contribution is 2.33. The highest BCUT2D eigenvalue weighted by atomic mass is 19.1. The summed E-state index contributed by atoms with van der Waals surface area (Å²) in [5.74, 6) is -3.29. The number of carbonyl (C=O) groups is 1. The first-order valence-corrected chi connectivity index (χ1v) is 8.17. The Bertz CT molecular complexity index is 758. The highest BCUT2D eigenvalue weighted by Gasteiger charge is 2.41. The molecule has 2 atom stereocenters. The minimum atomic E-state index is -1.78. The van der Waals surface area contributed by atoms with Gasteiger partial charge in [-0.2, -0.15) is 0 Å². The Hall–Kier alpha value is -1.99. The van der Waals surface area contributed by atoms with Crippen molar-refractivity contribution in [3.63, 3.8) is 0 Å². The number of aromatic carboxylic acids is 1. The van der Waals surface area contributed by atoms with E-state index >= 15 is 4.39 Å². The number of aryl methyl sites for hydroxylation is 1. The first-order valence-electron chi connectivity index (χ1n) is 8.17. The number of nitrogens with zero attached hydrogens (tertiary/aromatic N) is 2. The van der Waals surface area contributed by atoms with Crippen LogP contribution in [0.5, 0.6) is 0 Å². The van der Waals surface area contributed by atoms with Crippen LogP contribution in [0.2, 0.25) is 0 Å². The van der Waals surface area contributed by atoms with Crippen molar-refractivity contribution in [2.24, 2.45) is 0 Å². The van der Waals surface area contributed by atoms with Gasteiger partial charge in [0.05, 0.1) is 43.6 Å². The van der Waals surface area contributed by atoms with E-state index in [1.54, 1.807) is 9.47 Å². The summed E-state index contributed by atoms with van der Waals surface area (Å²) in [7, 11) is 0. The highest BCUT2D eigenvalue weighted by molar-refractivity contribution is 5.86. The Morgan fingerprint density at radius 3 is 2.92 bits per heavy atom. The van der Waals surface area contributed by atoms with Gasteiger partial charge in [0, 0.05) is 24.0 Å². The average Bonchev–Trinajstić information content (AvgIpc) is 2.55. The molecule has 1 saturated heterocycles. The lowest BCUT2D eigenvalue weighted by molar-refractivity contribution is -0.696. The standard InChI is InChI=1S/C17H21FN3O3/c1-3-20-10-13(16(23)24)15(22)12-4-5-17(18,8-14(12)20)21-7-6-19-11(2)9-21/h4-5,8,10-11,19H,3,6-7,9H2,1-2H3,(H,23,24). The van der Waals surface area contributed by atoms with Crippen molar-refractivity contribution in [1.82, 2.24) is 9.47 Å². The topological polar surface area (TPSA) is 82.0 Å². The molecule has 1 aromatic rings. The molecule has 0 spiro atoms. The molecule has 2 aliphatic rings. The molecule has 1 aliphatic carbocycles. The molecule has 1 radical (unpaired) electrons. The van der Waals surface area contributed by atoms with Gasteiger partial charge in [0.1, 0.15) is 0 Å². The summed E-state index contributed by atoms with van der Waals surface area (Å²) in [5.41, 5.74) is -0.422. The van der Waals surface area contributed by atoms with Gasteiger partial charge in [0.15, 0.2) is 11.2 Å². The summed E-state index contributed by atoms with van der Waals surface area (Å²) >= 11 is 0. The molecular weight excluding hydrogens is 313 g/mol. The number of piperazine rings is 1. The Kier molecular flexibility index (Phi) is 4.31. The number of carbonyl (C=O) groups excluding carboxylic acids is 1. The van der Waals surface area contributed by atoms with E-state index in [4.69, 9.17) is 0 Å². The largest absolute Gasteiger partial charge is 0.545 e. The number of hydrogen-bond acceptors (Lipinski definition) is 4. The number of carboxylic acid groups (broad SMARTS) is 1. The van der Waals surface area contributed by atoms with E-state index in [1.165, 1.54) is 24.8 Å². The number of nitrogens with two attached hydrogens (primary N) is 1. The maximum atomic E-state index is 15.5. The van der Waals surface area contributed by atoms with Crippen molar-refractivity contribution in [2.45, 2.75) is 32.2 Å². The molecule has 1 aliphatic heterocycles. The van der Waals surface area contributed by atoms with Crippen LogP contribution in [0, 0.1) is 6.42 Å². The van der Waals surface area contributed by atoms with E-state index < -0.39 is 22.8 Å². The molecule has 0 amide bonds. The number of fused-ring (bicyclic) bond motifs is 1. The van der Waals surface area contributed by atoms with Crippen LogP contribution >= 0.6 is 0 Å². The molecule has 0 saturated carbocycles. The SMILES string of the molecule is CCn1cc(C(=O)[O-])c(=O)c2c1[CH]C(F)(N1CC[NH2+]C(C)C1)C=C2. The van der Waals surface area contributed by atoms with Gasteiger partial charge in [0.2, 0.25) is 0 Å². The molecule has 1 aromatic heterocycles. The van der Waals surface area contributed by atoms with E-state index in [2.05, 4.69) is 5.32 Å². The fourth-order valence-electron chi connectivity index (χ4n) is 3.41. The summed E-state index contributed by atoms with van der Waals surface area (Å²) in [6.45, 7) is 6.29. The van der Waals surface area contributed by atoms with Crippen molar-refractivity contribution in [1.29, 1.82) is 0 Å². The third-order valence-corrected chi connectivity index (χ3v) is 4.70. The number of quaternary nitrogens is 1. The number of aromatic nitrogens is 1. The molecule has 6 nitrogen and oxygen atoms in total. The summed E-state index contributed by atoms with van der Waals surface area (Å²) in [6.07, 6.45) is 5.40. The Labute approximate surface area is 139 Å². The molecule has 0 bridgehead atoms. The van der Waals surface area contributed by atoms with Crippen molar-refractivity contribution in [3.05, 3.63) is 45.7 Å². The zero-order valence-electron chi connectivity index (χ0n) is 13.8. The zero-order chi connectivity index (χ0) is 17.5. The molecule has 1 fully saturated rings. The van der Waals surface area contributed by atoms with Crippen LogP contribution in [0.1, 0.15) is 35.5 Å². The van der Waals surface area contributed by atoms with Crippen LogP contribution in [-0.2, 0) is 6.54 Å². The van der Waals surface area contributed by atoms with Crippen LogP contribution in [0.15, 0.2) is 17.1 Å². The fourth-order valence-corrected chi connectivity index (χ4v) is 3.41. The van der Waals surface area contributed by atoms with E-state index in [0.717, 1.165) is 6.54 Å². The number of alkyl halides is 1. The smallest absolute Gasteiger partial charge is 0.198 e. The maximum absolute atomic E-state index is 15.5. The monoisotopic (exact) mass is 334 g/mol. The van der Waals surface area contributed by atoms with E-state index in [0.29, 0.717) is 31.4 Å². The van der Waals surface area contributed by atoms with Crippen molar-refractivity contribution < 1.29 is 19.6 Å². The van der Waals surface area contributed by atoms with Gasteiger partial charge >= 0.3 is 0 Å². The van der Waals surface area contributed by atoms with Gasteiger partial charge in [0.25, 0.3) is 0 Å². The first kappa shape index (κ1) is 16.9. The molecule has 3 rings (SSSR count). The minimum Gasteiger partial charge on any atom is -0.545 e.